The predicted molar refractivity (Wildman–Crippen MR) is 133 cm³/mol. The standard InChI is InChI=1S/C19H20N8O7S3/c1-26-19(23-12(24-26)17(32)33-2)37-5-7-4-35-15-10(14(29)27(15)11(7)16(30)31)22-13(28)9(25-34-3)8-6-36-18(20)21-8/h6,10,15H,4-5H2,1-3H3,(H2,20,21)(H,22,28)(H,30,31)/b25-9-/t10-,15-/m1/s1. The van der Waals surface area contributed by atoms with Crippen molar-refractivity contribution in [1.29, 1.82) is 0 Å². The van der Waals surface area contributed by atoms with Crippen molar-refractivity contribution < 1.29 is 33.9 Å². The monoisotopic (exact) mass is 568 g/mol. The summed E-state index contributed by atoms with van der Waals surface area (Å²) >= 11 is 3.58. The van der Waals surface area contributed by atoms with E-state index in [0.717, 1.165) is 16.2 Å². The number of nitrogen functional groups attached to an aromatic ring is 1. The molecule has 4 heterocycles. The average molecular weight is 569 g/mol. The van der Waals surface area contributed by atoms with E-state index in [1.165, 1.54) is 47.8 Å². The van der Waals surface area contributed by atoms with Gasteiger partial charge in [-0.1, -0.05) is 16.9 Å². The molecule has 2 aromatic heterocycles. The minimum Gasteiger partial charge on any atom is -0.477 e. The normalized spacial score (nSPS) is 19.3. The van der Waals surface area contributed by atoms with Crippen molar-refractivity contribution in [3.05, 3.63) is 28.2 Å². The van der Waals surface area contributed by atoms with E-state index in [9.17, 15) is 24.3 Å². The lowest BCUT2D eigenvalue weighted by Gasteiger charge is -2.49. The number of thiazole rings is 1. The Morgan fingerprint density at radius 2 is 2.11 bits per heavy atom. The molecule has 4 rings (SSSR count). The fraction of sp³-hybridized carbons (Fsp3) is 0.368. The Kier molecular flexibility index (Phi) is 7.69. The van der Waals surface area contributed by atoms with Crippen LogP contribution in [0.2, 0.25) is 0 Å². The van der Waals surface area contributed by atoms with Gasteiger partial charge in [-0.05, 0) is 5.57 Å². The molecule has 1 fully saturated rings. The molecule has 0 radical (unpaired) electrons. The number of nitrogens with one attached hydrogen (secondary N) is 1. The van der Waals surface area contributed by atoms with Crippen LogP contribution in [-0.2, 0) is 31.0 Å². The molecule has 18 heteroatoms. The van der Waals surface area contributed by atoms with E-state index in [1.807, 2.05) is 0 Å². The summed E-state index contributed by atoms with van der Waals surface area (Å²) in [5.41, 5.74) is 5.99. The fourth-order valence-electron chi connectivity index (χ4n) is 3.52. The Morgan fingerprint density at radius 1 is 1.35 bits per heavy atom. The van der Waals surface area contributed by atoms with Gasteiger partial charge in [0.2, 0.25) is 0 Å². The topological polar surface area (TPSA) is 204 Å². The molecule has 196 valence electrons. The molecular weight excluding hydrogens is 548 g/mol. The first kappa shape index (κ1) is 26.4. The van der Waals surface area contributed by atoms with Crippen molar-refractivity contribution in [2.45, 2.75) is 16.6 Å². The first-order valence-corrected chi connectivity index (χ1v) is 13.2. The largest absolute Gasteiger partial charge is 0.477 e. The molecule has 15 nitrogen and oxygen atoms in total. The third-order valence-corrected chi connectivity index (χ3v) is 8.29. The Balaban J connectivity index is 1.48. The number of oxime groups is 1. The third-order valence-electron chi connectivity index (χ3n) is 5.17. The molecule has 1 saturated heterocycles. The van der Waals surface area contributed by atoms with Crippen LogP contribution in [0.1, 0.15) is 16.3 Å². The lowest BCUT2D eigenvalue weighted by molar-refractivity contribution is -0.150. The van der Waals surface area contributed by atoms with Crippen LogP contribution < -0.4 is 11.1 Å². The maximum atomic E-state index is 13.0. The van der Waals surface area contributed by atoms with Crippen molar-refractivity contribution >= 4 is 69.5 Å². The zero-order valence-electron chi connectivity index (χ0n) is 19.5. The highest BCUT2D eigenvalue weighted by molar-refractivity contribution is 8.01. The van der Waals surface area contributed by atoms with Crippen molar-refractivity contribution in [2.24, 2.45) is 12.2 Å². The number of nitrogens with two attached hydrogens (primary N) is 1. The van der Waals surface area contributed by atoms with Crippen molar-refractivity contribution in [3.8, 4) is 0 Å². The number of carbonyl (C=O) groups is 4. The molecule has 2 aliphatic rings. The summed E-state index contributed by atoms with van der Waals surface area (Å²) in [6.07, 6.45) is 0. The van der Waals surface area contributed by atoms with Crippen LogP contribution in [0.5, 0.6) is 0 Å². The number of hydrogen-bond acceptors (Lipinski definition) is 14. The van der Waals surface area contributed by atoms with E-state index in [0.29, 0.717) is 16.5 Å². The van der Waals surface area contributed by atoms with Crippen LogP contribution in [0, 0.1) is 0 Å². The van der Waals surface area contributed by atoms with E-state index >= 15 is 0 Å². The van der Waals surface area contributed by atoms with Crippen LogP contribution in [0.4, 0.5) is 5.13 Å². The van der Waals surface area contributed by atoms with Crippen LogP contribution >= 0.6 is 34.9 Å². The number of aromatic nitrogens is 4. The minimum atomic E-state index is -1.27. The smallest absolute Gasteiger partial charge is 0.377 e. The lowest BCUT2D eigenvalue weighted by Crippen LogP contribution is -2.71. The van der Waals surface area contributed by atoms with Crippen molar-refractivity contribution in [1.82, 2.24) is 30.0 Å². The number of ether oxygens (including phenoxy) is 1. The Labute approximate surface area is 221 Å². The van der Waals surface area contributed by atoms with Gasteiger partial charge in [0.15, 0.2) is 16.0 Å². The van der Waals surface area contributed by atoms with Gasteiger partial charge >= 0.3 is 11.9 Å². The summed E-state index contributed by atoms with van der Waals surface area (Å²) in [5.74, 6) is -2.90. The van der Waals surface area contributed by atoms with Gasteiger partial charge in [0.05, 0.1) is 7.11 Å². The number of carboxylic acids is 1. The molecule has 37 heavy (non-hydrogen) atoms. The number of carboxylic acid groups (broad SMARTS) is 1. The number of hydrogen-bond donors (Lipinski definition) is 3. The summed E-state index contributed by atoms with van der Waals surface area (Å²) in [7, 11) is 4.06. The zero-order chi connectivity index (χ0) is 26.9. The molecule has 0 aromatic carbocycles. The van der Waals surface area contributed by atoms with Crippen LogP contribution in [0.15, 0.2) is 27.0 Å². The molecule has 0 aliphatic carbocycles. The summed E-state index contributed by atoms with van der Waals surface area (Å²) in [6, 6.07) is -0.972. The molecular formula is C19H20N8O7S3. The second kappa shape index (κ2) is 10.8. The Morgan fingerprint density at radius 3 is 2.73 bits per heavy atom. The molecule has 4 N–H and O–H groups in total. The van der Waals surface area contributed by atoms with Gasteiger partial charge in [0.25, 0.3) is 17.6 Å². The van der Waals surface area contributed by atoms with E-state index in [-0.39, 0.29) is 33.8 Å². The average Bonchev–Trinajstić information content (AvgIpc) is 3.47. The van der Waals surface area contributed by atoms with E-state index < -0.39 is 35.2 Å². The number of aliphatic carboxylic acids is 1. The molecule has 2 amide bonds. The van der Waals surface area contributed by atoms with Crippen LogP contribution in [0.25, 0.3) is 0 Å². The number of amides is 2. The fourth-order valence-corrected chi connectivity index (χ4v) is 6.47. The molecule has 0 bridgehead atoms. The second-order valence-corrected chi connectivity index (χ2v) is 10.4. The molecule has 0 saturated carbocycles. The van der Waals surface area contributed by atoms with Crippen molar-refractivity contribution in [3.63, 3.8) is 0 Å². The summed E-state index contributed by atoms with van der Waals surface area (Å²) < 4.78 is 5.99. The number of β-lactam (4-membered cyclic amide) rings is 1. The molecule has 0 spiro atoms. The number of aryl methyl sites for hydroxylation is 1. The van der Waals surface area contributed by atoms with E-state index in [4.69, 9.17) is 10.6 Å². The van der Waals surface area contributed by atoms with Gasteiger partial charge in [-0.2, -0.15) is 4.98 Å². The molecule has 2 aliphatic heterocycles. The Bertz CT molecular complexity index is 1340. The summed E-state index contributed by atoms with van der Waals surface area (Å²) in [4.78, 5) is 63.6. The highest BCUT2D eigenvalue weighted by Crippen LogP contribution is 2.41. The highest BCUT2D eigenvalue weighted by Gasteiger charge is 2.54. The maximum absolute atomic E-state index is 13.0. The summed E-state index contributed by atoms with van der Waals surface area (Å²) in [5, 5.41) is 21.6. The molecule has 2 atom stereocenters. The van der Waals surface area contributed by atoms with Gasteiger partial charge in [-0.25, -0.2) is 19.3 Å². The zero-order valence-corrected chi connectivity index (χ0v) is 22.0. The van der Waals surface area contributed by atoms with Gasteiger partial charge in [0, 0.05) is 23.9 Å². The number of anilines is 1. The maximum Gasteiger partial charge on any atom is 0.377 e. The lowest BCUT2D eigenvalue weighted by atomic mass is 10.0. The number of nitrogens with zero attached hydrogens (tertiary/aromatic N) is 6. The number of fused-ring (bicyclic) bond motifs is 1. The number of rotatable bonds is 9. The highest BCUT2D eigenvalue weighted by atomic mass is 32.2. The molecule has 0 unspecified atom stereocenters. The second-order valence-electron chi connectivity index (χ2n) is 7.43. The third kappa shape index (κ3) is 5.12. The van der Waals surface area contributed by atoms with Gasteiger partial charge in [-0.3, -0.25) is 14.5 Å². The van der Waals surface area contributed by atoms with Crippen molar-refractivity contribution in [2.75, 3.05) is 31.5 Å². The minimum absolute atomic E-state index is 0.119. The van der Waals surface area contributed by atoms with Gasteiger partial charge in [0.1, 0.15) is 29.9 Å². The first-order valence-electron chi connectivity index (χ1n) is 10.3. The number of carbonyl (C=O) groups excluding carboxylic acids is 3. The number of thioether (sulfide) groups is 2. The first-order chi connectivity index (χ1) is 17.7. The van der Waals surface area contributed by atoms with Crippen LogP contribution in [0.3, 0.4) is 0 Å². The molecule has 2 aromatic rings. The van der Waals surface area contributed by atoms with Gasteiger partial charge in [-0.15, -0.1) is 28.2 Å². The predicted octanol–water partition coefficient (Wildman–Crippen LogP) is -0.478. The quantitative estimate of drug-likeness (QED) is 0.115. The SMILES string of the molecule is CO/N=C(\C(=O)N[C@@H]1C(=O)N2C(C(=O)O)=C(CSc3nc(C(=O)OC)nn3C)CS[C@H]12)c1csc(N)n1. The van der Waals surface area contributed by atoms with E-state index in [1.54, 1.807) is 7.05 Å². The van der Waals surface area contributed by atoms with Gasteiger partial charge < -0.3 is 25.7 Å². The van der Waals surface area contributed by atoms with Crippen LogP contribution in [-0.4, -0.2) is 96.4 Å². The number of esters is 1. The van der Waals surface area contributed by atoms with E-state index in [2.05, 4.69) is 30.3 Å². The summed E-state index contributed by atoms with van der Waals surface area (Å²) in [6.45, 7) is 0. The Hall–Kier alpha value is -3.64. The number of methoxy groups -OCH3 is 1.